The number of ether oxygens (including phenoxy) is 1. The predicted octanol–water partition coefficient (Wildman–Crippen LogP) is 3.95. The van der Waals surface area contributed by atoms with E-state index >= 15 is 0 Å². The van der Waals surface area contributed by atoms with Crippen LogP contribution in [0.5, 0.6) is 5.75 Å². The summed E-state index contributed by atoms with van der Waals surface area (Å²) in [6, 6.07) is 14.9. The lowest BCUT2D eigenvalue weighted by molar-refractivity contribution is 0.102. The number of amides is 1. The summed E-state index contributed by atoms with van der Waals surface area (Å²) in [6.45, 7) is 2.52. The summed E-state index contributed by atoms with van der Waals surface area (Å²) >= 11 is 1.44. The summed E-state index contributed by atoms with van der Waals surface area (Å²) in [6.07, 6.45) is 0. The minimum absolute atomic E-state index is 0.160. The molecule has 1 amide bonds. The molecule has 0 aliphatic heterocycles. The lowest BCUT2D eigenvalue weighted by Gasteiger charge is -2.02. The second-order valence-electron chi connectivity index (χ2n) is 4.38. The minimum atomic E-state index is -0.160. The molecule has 3 rings (SSSR count). The molecule has 0 saturated carbocycles. The molecule has 0 saturated heterocycles. The van der Waals surface area contributed by atoms with Crippen LogP contribution >= 0.6 is 11.3 Å². The van der Waals surface area contributed by atoms with Crippen molar-refractivity contribution in [1.29, 1.82) is 0 Å². The molecule has 0 spiro atoms. The van der Waals surface area contributed by atoms with E-state index in [2.05, 4.69) is 10.3 Å². The highest BCUT2D eigenvalue weighted by Gasteiger charge is 2.12. The van der Waals surface area contributed by atoms with Gasteiger partial charge in [0, 0.05) is 5.56 Å². The van der Waals surface area contributed by atoms with Crippen LogP contribution in [-0.4, -0.2) is 17.5 Å². The van der Waals surface area contributed by atoms with E-state index in [0.717, 1.165) is 16.0 Å². The molecule has 3 aromatic rings. The Labute approximate surface area is 126 Å². The Kier molecular flexibility index (Phi) is 3.83. The lowest BCUT2D eigenvalue weighted by Crippen LogP contribution is -2.11. The predicted molar refractivity (Wildman–Crippen MR) is 85.2 cm³/mol. The van der Waals surface area contributed by atoms with Gasteiger partial charge >= 0.3 is 0 Å². The number of benzene rings is 2. The van der Waals surface area contributed by atoms with Crippen LogP contribution < -0.4 is 10.1 Å². The van der Waals surface area contributed by atoms with Gasteiger partial charge in [-0.05, 0) is 31.2 Å². The van der Waals surface area contributed by atoms with Gasteiger partial charge in [0.15, 0.2) is 5.13 Å². The maximum absolute atomic E-state index is 12.1. The van der Waals surface area contributed by atoms with Crippen molar-refractivity contribution in [3.8, 4) is 5.75 Å². The number of nitrogens with one attached hydrogen (secondary N) is 1. The molecule has 2 aromatic carbocycles. The van der Waals surface area contributed by atoms with Gasteiger partial charge in [0.2, 0.25) is 0 Å². The quantitative estimate of drug-likeness (QED) is 0.793. The Bertz CT molecular complexity index is 768. The van der Waals surface area contributed by atoms with Gasteiger partial charge in [0.1, 0.15) is 11.3 Å². The van der Waals surface area contributed by atoms with E-state index in [1.54, 1.807) is 12.1 Å². The topological polar surface area (TPSA) is 51.2 Å². The second-order valence-corrected chi connectivity index (χ2v) is 5.41. The third-order valence-corrected chi connectivity index (χ3v) is 3.87. The first-order valence-electron chi connectivity index (χ1n) is 6.66. The molecular weight excluding hydrogens is 284 g/mol. The van der Waals surface area contributed by atoms with Crippen LogP contribution in [-0.2, 0) is 0 Å². The molecule has 0 atom stereocenters. The number of carbonyl (C=O) groups is 1. The van der Waals surface area contributed by atoms with E-state index in [0.29, 0.717) is 17.3 Å². The van der Waals surface area contributed by atoms with Crippen molar-refractivity contribution in [3.05, 3.63) is 54.1 Å². The third kappa shape index (κ3) is 2.87. The van der Waals surface area contributed by atoms with Crippen molar-refractivity contribution < 1.29 is 9.53 Å². The standard InChI is InChI=1S/C16H14N2O2S/c1-2-20-12-9-6-10-13-14(12)17-16(21-13)18-15(19)11-7-4-3-5-8-11/h3-10H,2H2,1H3,(H,17,18,19). The molecule has 0 aliphatic carbocycles. The fourth-order valence-electron chi connectivity index (χ4n) is 2.01. The van der Waals surface area contributed by atoms with E-state index in [9.17, 15) is 4.79 Å². The number of para-hydroxylation sites is 1. The van der Waals surface area contributed by atoms with Crippen LogP contribution in [0.25, 0.3) is 10.2 Å². The molecule has 106 valence electrons. The van der Waals surface area contributed by atoms with Gasteiger partial charge in [-0.25, -0.2) is 4.98 Å². The minimum Gasteiger partial charge on any atom is -0.492 e. The highest BCUT2D eigenvalue weighted by Crippen LogP contribution is 2.32. The van der Waals surface area contributed by atoms with Crippen molar-refractivity contribution in [2.45, 2.75) is 6.92 Å². The summed E-state index contributed by atoms with van der Waals surface area (Å²) < 4.78 is 6.54. The number of rotatable bonds is 4. The van der Waals surface area contributed by atoms with Gasteiger partial charge in [0.25, 0.3) is 5.91 Å². The zero-order chi connectivity index (χ0) is 14.7. The number of hydrogen-bond donors (Lipinski definition) is 1. The van der Waals surface area contributed by atoms with E-state index in [1.165, 1.54) is 11.3 Å². The van der Waals surface area contributed by atoms with Gasteiger partial charge in [-0.1, -0.05) is 35.6 Å². The number of hydrogen-bond acceptors (Lipinski definition) is 4. The molecule has 5 heteroatoms. The van der Waals surface area contributed by atoms with Crippen molar-refractivity contribution in [3.63, 3.8) is 0 Å². The maximum Gasteiger partial charge on any atom is 0.257 e. The van der Waals surface area contributed by atoms with Crippen molar-refractivity contribution in [2.75, 3.05) is 11.9 Å². The van der Waals surface area contributed by atoms with Crippen LogP contribution in [0.4, 0.5) is 5.13 Å². The molecule has 1 heterocycles. The SMILES string of the molecule is CCOc1cccc2sc(NC(=O)c3ccccc3)nc12. The number of nitrogens with zero attached hydrogens (tertiary/aromatic N) is 1. The first-order valence-corrected chi connectivity index (χ1v) is 7.48. The van der Waals surface area contributed by atoms with E-state index < -0.39 is 0 Å². The van der Waals surface area contributed by atoms with Crippen LogP contribution in [0.3, 0.4) is 0 Å². The summed E-state index contributed by atoms with van der Waals surface area (Å²) in [5.41, 5.74) is 1.40. The molecule has 0 aliphatic rings. The Balaban J connectivity index is 1.88. The molecule has 0 unspecified atom stereocenters. The van der Waals surface area contributed by atoms with Gasteiger partial charge < -0.3 is 4.74 Å². The number of thiazole rings is 1. The fourth-order valence-corrected chi connectivity index (χ4v) is 2.89. The zero-order valence-corrected chi connectivity index (χ0v) is 12.3. The fraction of sp³-hybridized carbons (Fsp3) is 0.125. The number of anilines is 1. The summed E-state index contributed by atoms with van der Waals surface area (Å²) in [5, 5.41) is 3.40. The highest BCUT2D eigenvalue weighted by atomic mass is 32.1. The molecular formula is C16H14N2O2S. The number of aromatic nitrogens is 1. The number of fused-ring (bicyclic) bond motifs is 1. The maximum atomic E-state index is 12.1. The van der Waals surface area contributed by atoms with Crippen molar-refractivity contribution in [2.24, 2.45) is 0 Å². The van der Waals surface area contributed by atoms with Crippen LogP contribution in [0.1, 0.15) is 17.3 Å². The Morgan fingerprint density at radius 1 is 1.19 bits per heavy atom. The Morgan fingerprint density at radius 3 is 2.76 bits per heavy atom. The average Bonchev–Trinajstić information content (AvgIpc) is 2.92. The lowest BCUT2D eigenvalue weighted by atomic mass is 10.2. The highest BCUT2D eigenvalue weighted by molar-refractivity contribution is 7.22. The molecule has 0 radical (unpaired) electrons. The molecule has 21 heavy (non-hydrogen) atoms. The third-order valence-electron chi connectivity index (χ3n) is 2.94. The molecule has 4 nitrogen and oxygen atoms in total. The average molecular weight is 298 g/mol. The summed E-state index contributed by atoms with van der Waals surface area (Å²) in [7, 11) is 0. The molecule has 0 fully saturated rings. The van der Waals surface area contributed by atoms with Crippen LogP contribution in [0, 0.1) is 0 Å². The summed E-state index contributed by atoms with van der Waals surface area (Å²) in [4.78, 5) is 16.6. The van der Waals surface area contributed by atoms with Gasteiger partial charge in [-0.15, -0.1) is 0 Å². The van der Waals surface area contributed by atoms with Crippen molar-refractivity contribution in [1.82, 2.24) is 4.98 Å². The van der Waals surface area contributed by atoms with E-state index in [4.69, 9.17) is 4.74 Å². The normalized spacial score (nSPS) is 10.5. The second kappa shape index (κ2) is 5.93. The Hall–Kier alpha value is -2.40. The monoisotopic (exact) mass is 298 g/mol. The molecule has 1 aromatic heterocycles. The van der Waals surface area contributed by atoms with Gasteiger partial charge in [-0.2, -0.15) is 0 Å². The first kappa shape index (κ1) is 13.6. The smallest absolute Gasteiger partial charge is 0.257 e. The summed E-state index contributed by atoms with van der Waals surface area (Å²) in [5.74, 6) is 0.582. The van der Waals surface area contributed by atoms with Crippen LogP contribution in [0.2, 0.25) is 0 Å². The zero-order valence-electron chi connectivity index (χ0n) is 11.5. The molecule has 0 bridgehead atoms. The Morgan fingerprint density at radius 2 is 2.00 bits per heavy atom. The largest absolute Gasteiger partial charge is 0.492 e. The van der Waals surface area contributed by atoms with Gasteiger partial charge in [0.05, 0.1) is 11.3 Å². The van der Waals surface area contributed by atoms with Crippen LogP contribution in [0.15, 0.2) is 48.5 Å². The van der Waals surface area contributed by atoms with Crippen molar-refractivity contribution >= 4 is 32.6 Å². The molecule has 1 N–H and O–H groups in total. The van der Waals surface area contributed by atoms with E-state index in [1.807, 2.05) is 43.3 Å². The van der Waals surface area contributed by atoms with Gasteiger partial charge in [-0.3, -0.25) is 10.1 Å². The van der Waals surface area contributed by atoms with E-state index in [-0.39, 0.29) is 5.91 Å². The number of carbonyl (C=O) groups excluding carboxylic acids is 1. The first-order chi connectivity index (χ1) is 10.3.